The van der Waals surface area contributed by atoms with Gasteiger partial charge in [0.15, 0.2) is 23.6 Å². The van der Waals surface area contributed by atoms with Crippen LogP contribution in [0, 0.1) is 5.92 Å². The summed E-state index contributed by atoms with van der Waals surface area (Å²) < 4.78 is 57.5. The molecular weight excluding hydrogens is 588 g/mol. The predicted octanol–water partition coefficient (Wildman–Crippen LogP) is 3.37. The molecule has 0 aromatic carbocycles. The van der Waals surface area contributed by atoms with Crippen LogP contribution >= 0.6 is 8.18 Å². The minimum absolute atomic E-state index is 0.0260. The number of anilines is 1. The molecule has 238 valence electrons. The second kappa shape index (κ2) is 15.5. The van der Waals surface area contributed by atoms with Crippen molar-refractivity contribution in [3.63, 3.8) is 0 Å². The average molecular weight is 629 g/mol. The predicted molar refractivity (Wildman–Crippen MR) is 151 cm³/mol. The highest BCUT2D eigenvalue weighted by atomic mass is 31.1. The molecule has 0 aliphatic carbocycles. The Morgan fingerprint density at radius 2 is 1.84 bits per heavy atom. The van der Waals surface area contributed by atoms with Crippen LogP contribution < -0.4 is 10.8 Å². The number of esters is 3. The third-order valence-electron chi connectivity index (χ3n) is 7.30. The average Bonchev–Trinajstić information content (AvgIpc) is 3.56. The van der Waals surface area contributed by atoms with Crippen LogP contribution in [-0.2, 0) is 42.4 Å². The molecule has 16 heteroatoms. The second-order valence-corrected chi connectivity index (χ2v) is 11.2. The van der Waals surface area contributed by atoms with Gasteiger partial charge in [-0.05, 0) is 29.5 Å². The number of nitrogens with two attached hydrogens (primary N) is 1. The lowest BCUT2D eigenvalue weighted by atomic mass is 9.95. The molecule has 1 aliphatic heterocycles. The normalized spacial score (nSPS) is 22.9. The first-order valence-corrected chi connectivity index (χ1v) is 15.4. The number of hydrogen-bond donors (Lipinski definition) is 2. The number of aromatic nitrogens is 3. The van der Waals surface area contributed by atoms with Gasteiger partial charge in [0, 0.05) is 12.8 Å². The fourth-order valence-corrected chi connectivity index (χ4v) is 5.38. The lowest BCUT2D eigenvalue weighted by Gasteiger charge is -2.30. The van der Waals surface area contributed by atoms with Gasteiger partial charge in [0.05, 0.1) is 12.3 Å². The first-order chi connectivity index (χ1) is 20.5. The standard InChI is InChI=1S/C27H40FN5O9P/c1-6-17(7-2)12-38-26(36)16(5)32-43(37)39-14-27(13-28)24(41-21(35)9-4)23(40-20(34)8-3)22(42-27)18-10-11-19-25(29)30-15-31-33(18)19/h10-11,15-17,22-24H,6-9,12-14H2,1-5H3,(H,32,37)(H2,29,30,31)/q+1/t16-,22-,23-,24-,27+/m0/s1. The van der Waals surface area contributed by atoms with Crippen LogP contribution in [0.2, 0.25) is 0 Å². The van der Waals surface area contributed by atoms with E-state index in [1.165, 1.54) is 17.8 Å². The van der Waals surface area contributed by atoms with Gasteiger partial charge in [-0.25, -0.2) is 13.9 Å². The van der Waals surface area contributed by atoms with E-state index in [0.29, 0.717) is 11.2 Å². The van der Waals surface area contributed by atoms with E-state index in [-0.39, 0.29) is 31.2 Å². The third kappa shape index (κ3) is 8.02. The quantitative estimate of drug-likeness (QED) is 0.157. The molecule has 0 bridgehead atoms. The maximum atomic E-state index is 15.0. The molecule has 0 spiro atoms. The molecule has 2 aromatic heterocycles. The minimum atomic E-state index is -2.75. The molecule has 3 N–H and O–H groups in total. The number of alkyl halides is 1. The highest BCUT2D eigenvalue weighted by Gasteiger charge is 2.62. The van der Waals surface area contributed by atoms with Crippen molar-refractivity contribution in [2.24, 2.45) is 5.92 Å². The second-order valence-electron chi connectivity index (χ2n) is 10.2. The van der Waals surface area contributed by atoms with Crippen molar-refractivity contribution in [3.8, 4) is 0 Å². The van der Waals surface area contributed by atoms with E-state index in [1.54, 1.807) is 26.0 Å². The molecule has 3 heterocycles. The number of hydrogen-bond acceptors (Lipinski definition) is 12. The Bertz CT molecular complexity index is 1290. The van der Waals surface area contributed by atoms with Gasteiger partial charge in [0.2, 0.25) is 0 Å². The maximum Gasteiger partial charge on any atom is 0.613 e. The molecule has 1 unspecified atom stereocenters. The van der Waals surface area contributed by atoms with Crippen molar-refractivity contribution >= 4 is 37.4 Å². The van der Waals surface area contributed by atoms with Gasteiger partial charge in [-0.3, -0.25) is 14.4 Å². The largest absolute Gasteiger partial charge is 0.613 e. The highest BCUT2D eigenvalue weighted by molar-refractivity contribution is 7.36. The Hall–Kier alpha value is -3.26. The Morgan fingerprint density at radius 1 is 1.16 bits per heavy atom. The van der Waals surface area contributed by atoms with E-state index >= 15 is 4.39 Å². The lowest BCUT2D eigenvalue weighted by Crippen LogP contribution is -2.51. The minimum Gasteiger partial charge on any atom is -0.464 e. The molecule has 0 saturated carbocycles. The van der Waals surface area contributed by atoms with E-state index in [2.05, 4.69) is 15.2 Å². The number of fused-ring (bicyclic) bond motifs is 1. The van der Waals surface area contributed by atoms with Gasteiger partial charge >= 0.3 is 26.1 Å². The van der Waals surface area contributed by atoms with Crippen LogP contribution in [0.15, 0.2) is 18.5 Å². The molecule has 1 aliphatic rings. The summed E-state index contributed by atoms with van der Waals surface area (Å²) in [7, 11) is -2.75. The summed E-state index contributed by atoms with van der Waals surface area (Å²) in [4.78, 5) is 41.3. The van der Waals surface area contributed by atoms with Crippen LogP contribution in [0.25, 0.3) is 5.52 Å². The lowest BCUT2D eigenvalue weighted by molar-refractivity contribution is -0.174. The number of ether oxygens (including phenoxy) is 4. The van der Waals surface area contributed by atoms with Crippen molar-refractivity contribution in [1.29, 1.82) is 0 Å². The summed E-state index contributed by atoms with van der Waals surface area (Å²) in [6.07, 6.45) is -1.24. The summed E-state index contributed by atoms with van der Waals surface area (Å²) in [6, 6.07) is 2.19. The summed E-state index contributed by atoms with van der Waals surface area (Å²) in [5.41, 5.74) is 4.63. The molecule has 43 heavy (non-hydrogen) atoms. The van der Waals surface area contributed by atoms with Crippen LogP contribution in [0.5, 0.6) is 0 Å². The number of rotatable bonds is 16. The number of nitrogens with one attached hydrogen (secondary N) is 1. The van der Waals surface area contributed by atoms with Crippen molar-refractivity contribution in [2.75, 3.05) is 25.6 Å². The Morgan fingerprint density at radius 3 is 2.47 bits per heavy atom. The van der Waals surface area contributed by atoms with Crippen molar-refractivity contribution < 1.29 is 46.8 Å². The summed E-state index contributed by atoms with van der Waals surface area (Å²) in [6.45, 7) is 6.80. The molecule has 0 amide bonds. The van der Waals surface area contributed by atoms with Crippen LogP contribution in [0.1, 0.15) is 72.1 Å². The van der Waals surface area contributed by atoms with E-state index in [9.17, 15) is 18.9 Å². The van der Waals surface area contributed by atoms with E-state index in [0.717, 1.165) is 12.8 Å². The van der Waals surface area contributed by atoms with Crippen molar-refractivity contribution in [1.82, 2.24) is 19.7 Å². The number of carbonyl (C=O) groups excluding carboxylic acids is 3. The van der Waals surface area contributed by atoms with Gasteiger partial charge in [0.1, 0.15) is 37.3 Å². The molecule has 3 rings (SSSR count). The van der Waals surface area contributed by atoms with Gasteiger partial charge in [-0.2, -0.15) is 5.10 Å². The molecular formula is C27H40FN5O9P+. The topological polar surface area (TPSA) is 183 Å². The van der Waals surface area contributed by atoms with Gasteiger partial charge < -0.3 is 24.7 Å². The van der Waals surface area contributed by atoms with E-state index in [1.807, 2.05) is 13.8 Å². The van der Waals surface area contributed by atoms with Crippen LogP contribution in [0.3, 0.4) is 0 Å². The first-order valence-electron chi connectivity index (χ1n) is 14.3. The SMILES string of the molecule is CCC(=O)O[C@H]1[C@H](c2ccc3c(N)ncnn23)O[C@](CF)(CO[P+](=O)N[C@@H](C)C(=O)OCC(CC)CC)[C@H]1OC(=O)CC. The number of nitrogen functional groups attached to an aromatic ring is 1. The summed E-state index contributed by atoms with van der Waals surface area (Å²) in [5, 5.41) is 6.69. The molecule has 2 aromatic rings. The molecule has 1 saturated heterocycles. The molecule has 6 atom stereocenters. The Balaban J connectivity index is 1.88. The number of nitrogens with zero attached hydrogens (tertiary/aromatic N) is 3. The zero-order chi connectivity index (χ0) is 31.7. The first kappa shape index (κ1) is 34.2. The Kier molecular flexibility index (Phi) is 12.3. The number of halogens is 1. The van der Waals surface area contributed by atoms with Gasteiger partial charge in [-0.1, -0.05) is 45.6 Å². The fraction of sp³-hybridized carbons (Fsp3) is 0.667. The van der Waals surface area contributed by atoms with Crippen LogP contribution in [-0.4, -0.2) is 76.2 Å². The van der Waals surface area contributed by atoms with Gasteiger partial charge in [-0.15, -0.1) is 4.52 Å². The van der Waals surface area contributed by atoms with E-state index in [4.69, 9.17) is 29.2 Å². The summed E-state index contributed by atoms with van der Waals surface area (Å²) >= 11 is 0. The van der Waals surface area contributed by atoms with Crippen molar-refractivity contribution in [2.45, 2.75) is 90.3 Å². The zero-order valence-electron chi connectivity index (χ0n) is 25.0. The van der Waals surface area contributed by atoms with Crippen LogP contribution in [0.4, 0.5) is 10.2 Å². The Labute approximate surface area is 250 Å². The molecule has 1 fully saturated rings. The van der Waals surface area contributed by atoms with E-state index < -0.39 is 69.3 Å². The number of carbonyl (C=O) groups is 3. The molecule has 0 radical (unpaired) electrons. The summed E-state index contributed by atoms with van der Waals surface area (Å²) in [5.74, 6) is -1.64. The van der Waals surface area contributed by atoms with Crippen molar-refractivity contribution in [3.05, 3.63) is 24.2 Å². The fourth-order valence-electron chi connectivity index (χ4n) is 4.55. The third-order valence-corrected chi connectivity index (χ3v) is 8.27. The van der Waals surface area contributed by atoms with Gasteiger partial charge in [0.25, 0.3) is 0 Å². The molecule has 14 nitrogen and oxygen atoms in total. The highest BCUT2D eigenvalue weighted by Crippen LogP contribution is 2.45. The zero-order valence-corrected chi connectivity index (χ0v) is 25.9. The monoisotopic (exact) mass is 628 g/mol. The maximum absolute atomic E-state index is 15.0. The smallest absolute Gasteiger partial charge is 0.464 e.